The Kier molecular flexibility index (Phi) is 3.60. The minimum absolute atomic E-state index is 0.155. The molecule has 0 bridgehead atoms. The van der Waals surface area contributed by atoms with Gasteiger partial charge in [-0.3, -0.25) is 0 Å². The molecule has 21 heavy (non-hydrogen) atoms. The summed E-state index contributed by atoms with van der Waals surface area (Å²) in [5.41, 5.74) is 1.95. The number of para-hydroxylation sites is 1. The predicted molar refractivity (Wildman–Crippen MR) is 79.3 cm³/mol. The van der Waals surface area contributed by atoms with Gasteiger partial charge in [-0.1, -0.05) is 31.2 Å². The zero-order valence-electron chi connectivity index (χ0n) is 11.6. The van der Waals surface area contributed by atoms with Gasteiger partial charge in [0.25, 0.3) is 0 Å². The number of anilines is 1. The first-order chi connectivity index (χ1) is 10.2. The first kappa shape index (κ1) is 13.6. The molecule has 3 aromatic rings. The van der Waals surface area contributed by atoms with Gasteiger partial charge in [-0.15, -0.1) is 0 Å². The summed E-state index contributed by atoms with van der Waals surface area (Å²) in [6.45, 7) is 2.39. The Morgan fingerprint density at radius 3 is 2.67 bits per heavy atom. The molecular formula is C17H15F2NO. The van der Waals surface area contributed by atoms with Crippen LogP contribution in [0.4, 0.5) is 14.5 Å². The van der Waals surface area contributed by atoms with Crippen LogP contribution in [0.15, 0.2) is 46.9 Å². The molecule has 2 aromatic carbocycles. The van der Waals surface area contributed by atoms with Crippen LogP contribution in [0.5, 0.6) is 0 Å². The molecule has 0 atom stereocenters. The number of benzene rings is 2. The highest BCUT2D eigenvalue weighted by atomic mass is 19.2. The minimum atomic E-state index is -0.858. The second kappa shape index (κ2) is 5.56. The van der Waals surface area contributed by atoms with Gasteiger partial charge < -0.3 is 9.73 Å². The third kappa shape index (κ3) is 2.49. The Morgan fingerprint density at radius 2 is 1.86 bits per heavy atom. The minimum Gasteiger partial charge on any atom is -0.461 e. The average molecular weight is 287 g/mol. The molecule has 4 heteroatoms. The van der Waals surface area contributed by atoms with Crippen molar-refractivity contribution in [3.63, 3.8) is 0 Å². The first-order valence-corrected chi connectivity index (χ1v) is 6.88. The number of hydrogen-bond acceptors (Lipinski definition) is 2. The summed E-state index contributed by atoms with van der Waals surface area (Å²) < 4.78 is 32.7. The van der Waals surface area contributed by atoms with Gasteiger partial charge in [0.2, 0.25) is 0 Å². The summed E-state index contributed by atoms with van der Waals surface area (Å²) in [4.78, 5) is 0. The molecule has 1 heterocycles. The van der Waals surface area contributed by atoms with Crippen molar-refractivity contribution in [2.75, 3.05) is 5.32 Å². The van der Waals surface area contributed by atoms with Crippen molar-refractivity contribution in [3.05, 3.63) is 65.4 Å². The number of fused-ring (bicyclic) bond motifs is 1. The summed E-state index contributed by atoms with van der Waals surface area (Å²) in [6.07, 6.45) is 0.747. The predicted octanol–water partition coefficient (Wildman–Crippen LogP) is 4.89. The van der Waals surface area contributed by atoms with E-state index in [2.05, 4.69) is 5.32 Å². The Balaban J connectivity index is 1.93. The van der Waals surface area contributed by atoms with E-state index in [1.54, 1.807) is 0 Å². The van der Waals surface area contributed by atoms with Crippen molar-refractivity contribution in [2.24, 2.45) is 0 Å². The second-order valence-corrected chi connectivity index (χ2v) is 4.81. The van der Waals surface area contributed by atoms with Crippen LogP contribution in [-0.2, 0) is 13.0 Å². The van der Waals surface area contributed by atoms with Crippen LogP contribution in [0.3, 0.4) is 0 Å². The van der Waals surface area contributed by atoms with E-state index in [9.17, 15) is 8.78 Å². The van der Waals surface area contributed by atoms with Crippen molar-refractivity contribution in [3.8, 4) is 0 Å². The van der Waals surface area contributed by atoms with E-state index >= 15 is 0 Å². The Labute approximate surface area is 121 Å². The van der Waals surface area contributed by atoms with Gasteiger partial charge >= 0.3 is 0 Å². The molecule has 0 radical (unpaired) electrons. The summed E-state index contributed by atoms with van der Waals surface area (Å²) in [6, 6.07) is 11.8. The van der Waals surface area contributed by atoms with E-state index < -0.39 is 11.6 Å². The zero-order valence-corrected chi connectivity index (χ0v) is 11.6. The van der Waals surface area contributed by atoms with Gasteiger partial charge in [0.15, 0.2) is 11.6 Å². The Morgan fingerprint density at radius 1 is 1.05 bits per heavy atom. The fourth-order valence-electron chi connectivity index (χ4n) is 2.45. The maximum atomic E-state index is 13.7. The van der Waals surface area contributed by atoms with Gasteiger partial charge in [0, 0.05) is 23.9 Å². The van der Waals surface area contributed by atoms with Crippen LogP contribution >= 0.6 is 0 Å². The maximum Gasteiger partial charge on any atom is 0.181 e. The van der Waals surface area contributed by atoms with E-state index in [0.717, 1.165) is 34.8 Å². The molecule has 108 valence electrons. The molecule has 0 aliphatic heterocycles. The SMILES string of the molecule is CCc1oc2ccccc2c1CNc1cccc(F)c1F. The molecule has 1 aromatic heterocycles. The van der Waals surface area contributed by atoms with Gasteiger partial charge in [0.05, 0.1) is 5.69 Å². The lowest BCUT2D eigenvalue weighted by Crippen LogP contribution is -2.03. The molecule has 0 saturated heterocycles. The monoisotopic (exact) mass is 287 g/mol. The number of aryl methyl sites for hydroxylation is 1. The fraction of sp³-hybridized carbons (Fsp3) is 0.176. The summed E-state index contributed by atoms with van der Waals surface area (Å²) >= 11 is 0. The molecule has 0 saturated carbocycles. The zero-order chi connectivity index (χ0) is 14.8. The molecule has 2 nitrogen and oxygen atoms in total. The summed E-state index contributed by atoms with van der Waals surface area (Å²) in [7, 11) is 0. The first-order valence-electron chi connectivity index (χ1n) is 6.88. The van der Waals surface area contributed by atoms with E-state index in [-0.39, 0.29) is 5.69 Å². The molecule has 0 aliphatic carbocycles. The van der Waals surface area contributed by atoms with E-state index in [4.69, 9.17) is 4.42 Å². The highest BCUT2D eigenvalue weighted by Crippen LogP contribution is 2.27. The standard InChI is InChI=1S/C17H15F2NO/c1-2-15-12(11-6-3-4-9-16(11)21-15)10-20-14-8-5-7-13(18)17(14)19/h3-9,20H,2,10H2,1H3. The number of rotatable bonds is 4. The van der Waals surface area contributed by atoms with Crippen LogP contribution in [0.1, 0.15) is 18.2 Å². The highest BCUT2D eigenvalue weighted by molar-refractivity contribution is 5.82. The van der Waals surface area contributed by atoms with Gasteiger partial charge in [-0.05, 0) is 18.2 Å². The molecule has 1 N–H and O–H groups in total. The van der Waals surface area contributed by atoms with Crippen molar-refractivity contribution in [1.29, 1.82) is 0 Å². The molecule has 0 fully saturated rings. The van der Waals surface area contributed by atoms with Crippen LogP contribution in [-0.4, -0.2) is 0 Å². The van der Waals surface area contributed by atoms with Crippen molar-refractivity contribution in [2.45, 2.75) is 19.9 Å². The Bertz CT molecular complexity index is 780. The largest absolute Gasteiger partial charge is 0.461 e. The summed E-state index contributed by atoms with van der Waals surface area (Å²) in [5, 5.41) is 3.95. The normalized spacial score (nSPS) is 11.0. The number of nitrogens with one attached hydrogen (secondary N) is 1. The van der Waals surface area contributed by atoms with Crippen molar-refractivity contribution < 1.29 is 13.2 Å². The molecule has 3 rings (SSSR count). The molecule has 0 unspecified atom stereocenters. The smallest absolute Gasteiger partial charge is 0.181 e. The Hall–Kier alpha value is -2.36. The molecule has 0 aliphatic rings. The molecule has 0 amide bonds. The average Bonchev–Trinajstić information content (AvgIpc) is 2.86. The van der Waals surface area contributed by atoms with Crippen LogP contribution in [0.2, 0.25) is 0 Å². The third-order valence-corrected chi connectivity index (χ3v) is 3.51. The van der Waals surface area contributed by atoms with Crippen LogP contribution < -0.4 is 5.32 Å². The molecule has 0 spiro atoms. The lowest BCUT2D eigenvalue weighted by molar-refractivity contribution is 0.510. The van der Waals surface area contributed by atoms with Gasteiger partial charge in [0.1, 0.15) is 11.3 Å². The lowest BCUT2D eigenvalue weighted by atomic mass is 10.1. The van der Waals surface area contributed by atoms with Gasteiger partial charge in [-0.2, -0.15) is 0 Å². The van der Waals surface area contributed by atoms with Crippen molar-refractivity contribution in [1.82, 2.24) is 0 Å². The van der Waals surface area contributed by atoms with Crippen LogP contribution in [0, 0.1) is 11.6 Å². The van der Waals surface area contributed by atoms with Crippen molar-refractivity contribution >= 4 is 16.7 Å². The number of furan rings is 1. The quantitative estimate of drug-likeness (QED) is 0.739. The maximum absolute atomic E-state index is 13.7. The van der Waals surface area contributed by atoms with Crippen LogP contribution in [0.25, 0.3) is 11.0 Å². The summed E-state index contributed by atoms with van der Waals surface area (Å²) in [5.74, 6) is -0.850. The number of hydrogen-bond donors (Lipinski definition) is 1. The topological polar surface area (TPSA) is 25.2 Å². The number of halogens is 2. The van der Waals surface area contributed by atoms with E-state index in [1.165, 1.54) is 12.1 Å². The van der Waals surface area contributed by atoms with E-state index in [1.807, 2.05) is 31.2 Å². The second-order valence-electron chi connectivity index (χ2n) is 4.81. The van der Waals surface area contributed by atoms with Gasteiger partial charge in [-0.25, -0.2) is 8.78 Å². The molecular weight excluding hydrogens is 272 g/mol. The lowest BCUT2D eigenvalue weighted by Gasteiger charge is -2.08. The third-order valence-electron chi connectivity index (χ3n) is 3.51. The van der Waals surface area contributed by atoms with E-state index in [0.29, 0.717) is 6.54 Å². The fourth-order valence-corrected chi connectivity index (χ4v) is 2.45. The highest BCUT2D eigenvalue weighted by Gasteiger charge is 2.13.